The van der Waals surface area contributed by atoms with Crippen molar-refractivity contribution >= 4 is 0 Å². The fourth-order valence-electron chi connectivity index (χ4n) is 2.51. The van der Waals surface area contributed by atoms with E-state index in [4.69, 9.17) is 4.74 Å². The topological polar surface area (TPSA) is 49.7 Å². The Bertz CT molecular complexity index is 401. The summed E-state index contributed by atoms with van der Waals surface area (Å²) in [7, 11) is 0. The Morgan fingerprint density at radius 3 is 1.80 bits per heavy atom. The third-order valence-electron chi connectivity index (χ3n) is 3.29. The molecule has 0 amide bonds. The quantitative estimate of drug-likeness (QED) is 0.696. The van der Waals surface area contributed by atoms with Gasteiger partial charge in [0.2, 0.25) is 0 Å². The number of hydrogen-bond acceptors (Lipinski definition) is 3. The van der Waals surface area contributed by atoms with E-state index in [0.29, 0.717) is 0 Å². The van der Waals surface area contributed by atoms with Gasteiger partial charge in [-0.15, -0.1) is 0 Å². The fourth-order valence-corrected chi connectivity index (χ4v) is 2.51. The molecule has 3 nitrogen and oxygen atoms in total. The Morgan fingerprint density at radius 2 is 1.40 bits per heavy atom. The predicted octanol–water partition coefficient (Wildman–Crippen LogP) is 0.662. The number of rotatable bonds is 2. The molecule has 0 saturated heterocycles. The van der Waals surface area contributed by atoms with Crippen molar-refractivity contribution in [2.75, 3.05) is 13.2 Å². The van der Waals surface area contributed by atoms with E-state index in [0.717, 1.165) is 11.1 Å². The number of benzene rings is 1. The van der Waals surface area contributed by atoms with E-state index in [2.05, 4.69) is 0 Å². The zero-order valence-corrected chi connectivity index (χ0v) is 8.18. The van der Waals surface area contributed by atoms with Gasteiger partial charge in [0.15, 0.2) is 0 Å². The Balaban J connectivity index is 2.26. The Labute approximate surface area is 87.6 Å². The Kier molecular flexibility index (Phi) is 1.63. The number of aliphatic hydroxyl groups is 2. The first-order chi connectivity index (χ1) is 7.26. The summed E-state index contributed by atoms with van der Waals surface area (Å²) < 4.78 is 5.81. The summed E-state index contributed by atoms with van der Waals surface area (Å²) in [4.78, 5) is 0. The molecule has 3 rings (SSSR count). The number of hydrogen-bond donors (Lipinski definition) is 2. The van der Waals surface area contributed by atoms with E-state index >= 15 is 0 Å². The zero-order chi connectivity index (χ0) is 10.5. The third kappa shape index (κ3) is 0.905. The molecule has 0 aliphatic carbocycles. The van der Waals surface area contributed by atoms with Gasteiger partial charge in [-0.25, -0.2) is 0 Å². The number of ether oxygens (including phenoxy) is 1. The highest BCUT2D eigenvalue weighted by molar-refractivity contribution is 5.51. The van der Waals surface area contributed by atoms with Crippen LogP contribution in [0.2, 0.25) is 0 Å². The smallest absolute Gasteiger partial charge is 0.136 e. The summed E-state index contributed by atoms with van der Waals surface area (Å²) in [6.07, 6.45) is 3.68. The van der Waals surface area contributed by atoms with E-state index in [9.17, 15) is 10.2 Å². The lowest BCUT2D eigenvalue weighted by Crippen LogP contribution is -2.29. The highest BCUT2D eigenvalue weighted by Gasteiger charge is 2.54. The summed E-state index contributed by atoms with van der Waals surface area (Å²) in [5.74, 6) is 0. The van der Waals surface area contributed by atoms with E-state index in [-0.39, 0.29) is 13.2 Å². The van der Waals surface area contributed by atoms with Crippen molar-refractivity contribution in [1.29, 1.82) is 0 Å². The van der Waals surface area contributed by atoms with Gasteiger partial charge in [0.05, 0.1) is 13.2 Å². The molecule has 2 atom stereocenters. The predicted molar refractivity (Wildman–Crippen MR) is 54.2 cm³/mol. The van der Waals surface area contributed by atoms with E-state index < -0.39 is 11.2 Å². The van der Waals surface area contributed by atoms with Crippen LogP contribution in [0.3, 0.4) is 0 Å². The van der Waals surface area contributed by atoms with Gasteiger partial charge >= 0.3 is 0 Å². The minimum absolute atomic E-state index is 0.0950. The maximum Gasteiger partial charge on any atom is 0.136 e. The summed E-state index contributed by atoms with van der Waals surface area (Å²) >= 11 is 0. The average Bonchev–Trinajstić information content (AvgIpc) is 2.83. The zero-order valence-electron chi connectivity index (χ0n) is 8.18. The second-order valence-electron chi connectivity index (χ2n) is 4.08. The molecule has 1 aromatic carbocycles. The molecule has 2 N–H and O–H groups in total. The van der Waals surface area contributed by atoms with Crippen LogP contribution in [0.15, 0.2) is 36.4 Å². The fraction of sp³-hybridized carbons (Fsp3) is 0.333. The van der Waals surface area contributed by atoms with Crippen LogP contribution in [0.1, 0.15) is 11.1 Å². The van der Waals surface area contributed by atoms with Crippen LogP contribution in [-0.4, -0.2) is 23.4 Å². The average molecular weight is 204 g/mol. The van der Waals surface area contributed by atoms with Gasteiger partial charge in [0.1, 0.15) is 11.2 Å². The molecular formula is C12H12O3. The SMILES string of the molecule is OC[C@@]12C=C[C@@](CO)(O1)c1ccccc12. The molecule has 2 heterocycles. The molecule has 2 aliphatic heterocycles. The minimum atomic E-state index is -0.737. The van der Waals surface area contributed by atoms with Crippen molar-refractivity contribution in [3.05, 3.63) is 47.5 Å². The van der Waals surface area contributed by atoms with Gasteiger partial charge in [0, 0.05) is 0 Å². The van der Waals surface area contributed by atoms with Crippen molar-refractivity contribution in [3.63, 3.8) is 0 Å². The first-order valence-corrected chi connectivity index (χ1v) is 4.99. The molecule has 78 valence electrons. The monoisotopic (exact) mass is 204 g/mol. The second kappa shape index (κ2) is 2.70. The molecular weight excluding hydrogens is 192 g/mol. The molecule has 0 aromatic heterocycles. The lowest BCUT2D eigenvalue weighted by atomic mass is 9.82. The van der Waals surface area contributed by atoms with Crippen molar-refractivity contribution < 1.29 is 14.9 Å². The number of aliphatic hydroxyl groups excluding tert-OH is 2. The molecule has 3 heteroatoms. The van der Waals surface area contributed by atoms with Crippen molar-refractivity contribution in [3.8, 4) is 0 Å². The van der Waals surface area contributed by atoms with Crippen LogP contribution >= 0.6 is 0 Å². The van der Waals surface area contributed by atoms with Crippen molar-refractivity contribution in [1.82, 2.24) is 0 Å². The van der Waals surface area contributed by atoms with Crippen LogP contribution < -0.4 is 0 Å². The molecule has 2 bridgehead atoms. The van der Waals surface area contributed by atoms with E-state index in [1.54, 1.807) is 0 Å². The van der Waals surface area contributed by atoms with Crippen LogP contribution in [-0.2, 0) is 15.9 Å². The first-order valence-electron chi connectivity index (χ1n) is 4.99. The molecule has 0 fully saturated rings. The molecule has 1 aromatic rings. The van der Waals surface area contributed by atoms with Gasteiger partial charge in [-0.1, -0.05) is 24.3 Å². The number of fused-ring (bicyclic) bond motifs is 5. The van der Waals surface area contributed by atoms with Crippen molar-refractivity contribution in [2.24, 2.45) is 0 Å². The molecule has 0 spiro atoms. The first kappa shape index (κ1) is 9.09. The van der Waals surface area contributed by atoms with Crippen LogP contribution in [0.4, 0.5) is 0 Å². The minimum Gasteiger partial charge on any atom is -0.393 e. The summed E-state index contributed by atoms with van der Waals surface area (Å²) in [6, 6.07) is 7.71. The van der Waals surface area contributed by atoms with Crippen molar-refractivity contribution in [2.45, 2.75) is 11.2 Å². The summed E-state index contributed by atoms with van der Waals surface area (Å²) in [5, 5.41) is 18.9. The van der Waals surface area contributed by atoms with E-state index in [1.165, 1.54) is 0 Å². The van der Waals surface area contributed by atoms with Crippen LogP contribution in [0.25, 0.3) is 0 Å². The van der Waals surface area contributed by atoms with Gasteiger partial charge in [0.25, 0.3) is 0 Å². The molecule has 15 heavy (non-hydrogen) atoms. The molecule has 0 unspecified atom stereocenters. The molecule has 0 radical (unpaired) electrons. The maximum atomic E-state index is 9.44. The Hall–Kier alpha value is -1.16. The largest absolute Gasteiger partial charge is 0.393 e. The Morgan fingerprint density at radius 1 is 0.933 bits per heavy atom. The highest BCUT2D eigenvalue weighted by atomic mass is 16.6. The maximum absolute atomic E-state index is 9.44. The van der Waals surface area contributed by atoms with Gasteiger partial charge < -0.3 is 14.9 Å². The van der Waals surface area contributed by atoms with Gasteiger partial charge in [-0.2, -0.15) is 0 Å². The lowest BCUT2D eigenvalue weighted by molar-refractivity contribution is -0.113. The van der Waals surface area contributed by atoms with Gasteiger partial charge in [-0.05, 0) is 23.3 Å². The van der Waals surface area contributed by atoms with Gasteiger partial charge in [-0.3, -0.25) is 0 Å². The molecule has 0 saturated carbocycles. The standard InChI is InChI=1S/C12H12O3/c13-7-11-5-6-12(8-14,15-11)10-4-2-1-3-9(10)11/h1-6,13-14H,7-8H2/t11-,12+. The third-order valence-corrected chi connectivity index (χ3v) is 3.29. The molecule has 2 aliphatic rings. The lowest BCUT2D eigenvalue weighted by Gasteiger charge is -2.22. The normalized spacial score (nSPS) is 35.9. The van der Waals surface area contributed by atoms with Crippen LogP contribution in [0.5, 0.6) is 0 Å². The summed E-state index contributed by atoms with van der Waals surface area (Å²) in [5.41, 5.74) is 0.451. The van der Waals surface area contributed by atoms with E-state index in [1.807, 2.05) is 36.4 Å². The highest BCUT2D eigenvalue weighted by Crippen LogP contribution is 2.53. The summed E-state index contributed by atoms with van der Waals surface area (Å²) in [6.45, 7) is -0.190. The van der Waals surface area contributed by atoms with Crippen LogP contribution in [0, 0.1) is 0 Å². The second-order valence-corrected chi connectivity index (χ2v) is 4.08.